The van der Waals surface area contributed by atoms with Gasteiger partial charge in [0.15, 0.2) is 5.78 Å². The van der Waals surface area contributed by atoms with Crippen molar-refractivity contribution in [1.29, 1.82) is 0 Å². The Bertz CT molecular complexity index is 829. The summed E-state index contributed by atoms with van der Waals surface area (Å²) in [5.41, 5.74) is 2.68. The van der Waals surface area contributed by atoms with Gasteiger partial charge < -0.3 is 14.7 Å². The van der Waals surface area contributed by atoms with Crippen molar-refractivity contribution < 1.29 is 23.4 Å². The number of Topliss-reactive ketones (excluding diaryl/α,β-unsaturated/α-hetero) is 1. The van der Waals surface area contributed by atoms with Crippen LogP contribution in [0.2, 0.25) is 0 Å². The van der Waals surface area contributed by atoms with Gasteiger partial charge in [-0.1, -0.05) is 50.2 Å². The summed E-state index contributed by atoms with van der Waals surface area (Å²) in [6.07, 6.45) is 1.82. The van der Waals surface area contributed by atoms with E-state index in [0.29, 0.717) is 18.0 Å². The van der Waals surface area contributed by atoms with Crippen LogP contribution in [0, 0.1) is 11.8 Å². The number of ether oxygens (including phenoxy) is 1. The first-order valence-corrected chi connectivity index (χ1v) is 10.9. The van der Waals surface area contributed by atoms with Crippen LogP contribution in [0.4, 0.5) is 8.78 Å². The molecule has 0 aromatic heterocycles. The van der Waals surface area contributed by atoms with Crippen molar-refractivity contribution in [2.24, 2.45) is 11.8 Å². The van der Waals surface area contributed by atoms with Crippen molar-refractivity contribution in [3.05, 3.63) is 65.2 Å². The number of nitrogens with zero attached hydrogens (tertiary/aromatic N) is 1. The van der Waals surface area contributed by atoms with E-state index >= 15 is 0 Å². The Morgan fingerprint density at radius 3 is 2.23 bits per heavy atom. The predicted octanol–water partition coefficient (Wildman–Crippen LogP) is 5.11. The highest BCUT2D eigenvalue weighted by molar-refractivity contribution is 5.97. The largest absolute Gasteiger partial charge is 0.435 e. The summed E-state index contributed by atoms with van der Waals surface area (Å²) in [6, 6.07) is 14.1. The fourth-order valence-corrected chi connectivity index (χ4v) is 4.11. The van der Waals surface area contributed by atoms with Gasteiger partial charge in [-0.15, -0.1) is 0 Å². The number of hydrogen-bond donors (Lipinski definition) is 1. The van der Waals surface area contributed by atoms with E-state index < -0.39 is 12.7 Å². The van der Waals surface area contributed by atoms with Crippen molar-refractivity contribution in [1.82, 2.24) is 4.90 Å². The molecule has 0 bridgehead atoms. The molecular formula is C25H31F2NO3. The highest BCUT2D eigenvalue weighted by atomic mass is 19.3. The quantitative estimate of drug-likeness (QED) is 0.560. The number of carbonyl (C=O) groups excluding carboxylic acids is 1. The lowest BCUT2D eigenvalue weighted by Gasteiger charge is -2.32. The number of halogens is 2. The van der Waals surface area contributed by atoms with Gasteiger partial charge >= 0.3 is 6.61 Å². The zero-order valence-corrected chi connectivity index (χ0v) is 18.1. The van der Waals surface area contributed by atoms with E-state index in [1.807, 2.05) is 12.1 Å². The lowest BCUT2D eigenvalue weighted by molar-refractivity contribution is -0.0498. The highest BCUT2D eigenvalue weighted by Gasteiger charge is 2.27. The SMILES string of the molecule is CC(C)Cc1ccc(C(=O)C2CCN(CC(O)c3ccc(OC(F)F)cc3)CC2)cc1. The number of aliphatic hydroxyl groups is 1. The summed E-state index contributed by atoms with van der Waals surface area (Å²) in [7, 11) is 0. The van der Waals surface area contributed by atoms with Gasteiger partial charge in [0.2, 0.25) is 0 Å². The summed E-state index contributed by atoms with van der Waals surface area (Å²) < 4.78 is 28.8. The van der Waals surface area contributed by atoms with Gasteiger partial charge in [-0.3, -0.25) is 4.79 Å². The van der Waals surface area contributed by atoms with Crippen LogP contribution in [0.25, 0.3) is 0 Å². The minimum atomic E-state index is -2.86. The second-order valence-electron chi connectivity index (χ2n) is 8.70. The third kappa shape index (κ3) is 6.84. The maximum Gasteiger partial charge on any atom is 0.387 e. The summed E-state index contributed by atoms with van der Waals surface area (Å²) >= 11 is 0. The topological polar surface area (TPSA) is 49.8 Å². The molecule has 1 N–H and O–H groups in total. The fraction of sp³-hybridized carbons (Fsp3) is 0.480. The maximum atomic E-state index is 12.9. The van der Waals surface area contributed by atoms with Crippen LogP contribution in [0.15, 0.2) is 48.5 Å². The van der Waals surface area contributed by atoms with Gasteiger partial charge in [0.25, 0.3) is 0 Å². The number of alkyl halides is 2. The summed E-state index contributed by atoms with van der Waals surface area (Å²) in [5, 5.41) is 10.5. The van der Waals surface area contributed by atoms with E-state index in [1.165, 1.54) is 17.7 Å². The van der Waals surface area contributed by atoms with Gasteiger partial charge in [0.1, 0.15) is 5.75 Å². The molecule has 1 aliphatic heterocycles. The molecule has 1 atom stereocenters. The molecular weight excluding hydrogens is 400 g/mol. The Morgan fingerprint density at radius 2 is 1.68 bits per heavy atom. The number of rotatable bonds is 9. The molecule has 0 radical (unpaired) electrons. The van der Waals surface area contributed by atoms with Crippen LogP contribution in [0.1, 0.15) is 54.3 Å². The monoisotopic (exact) mass is 431 g/mol. The molecule has 0 amide bonds. The number of β-amino-alcohol motifs (C(OH)–C–C–N with tert-alkyl or cyclic N) is 1. The molecule has 31 heavy (non-hydrogen) atoms. The molecule has 0 aliphatic carbocycles. The average molecular weight is 432 g/mol. The van der Waals surface area contributed by atoms with Gasteiger partial charge in [-0.2, -0.15) is 8.78 Å². The number of hydrogen-bond acceptors (Lipinski definition) is 4. The van der Waals surface area contributed by atoms with Crippen LogP contribution < -0.4 is 4.74 Å². The smallest absolute Gasteiger partial charge is 0.387 e. The first kappa shape index (κ1) is 23.4. The third-order valence-electron chi connectivity index (χ3n) is 5.76. The molecule has 1 saturated heterocycles. The highest BCUT2D eigenvalue weighted by Crippen LogP contribution is 2.25. The molecule has 2 aromatic carbocycles. The maximum absolute atomic E-state index is 12.9. The summed E-state index contributed by atoms with van der Waals surface area (Å²) in [5.74, 6) is 0.869. The van der Waals surface area contributed by atoms with E-state index in [0.717, 1.165) is 37.9 Å². The van der Waals surface area contributed by atoms with Gasteiger partial charge in [0.05, 0.1) is 6.10 Å². The van der Waals surface area contributed by atoms with E-state index in [2.05, 4.69) is 35.6 Å². The molecule has 1 heterocycles. The van der Waals surface area contributed by atoms with E-state index in [1.54, 1.807) is 12.1 Å². The molecule has 6 heteroatoms. The second-order valence-corrected chi connectivity index (χ2v) is 8.70. The van der Waals surface area contributed by atoms with E-state index in [-0.39, 0.29) is 17.5 Å². The number of benzene rings is 2. The van der Waals surface area contributed by atoms with Gasteiger partial charge in [-0.25, -0.2) is 0 Å². The number of piperidine rings is 1. The second kappa shape index (κ2) is 10.8. The van der Waals surface area contributed by atoms with E-state index in [9.17, 15) is 18.7 Å². The summed E-state index contributed by atoms with van der Waals surface area (Å²) in [6.45, 7) is 3.43. The molecule has 1 fully saturated rings. The lowest BCUT2D eigenvalue weighted by atomic mass is 9.88. The minimum absolute atomic E-state index is 0.00937. The Balaban J connectivity index is 1.48. The Hall–Kier alpha value is -2.31. The molecule has 0 spiro atoms. The van der Waals surface area contributed by atoms with Crippen LogP contribution >= 0.6 is 0 Å². The molecule has 168 valence electrons. The average Bonchev–Trinajstić information content (AvgIpc) is 2.74. The van der Waals surface area contributed by atoms with Crippen molar-refractivity contribution in [3.8, 4) is 5.75 Å². The standard InChI is InChI=1S/C25H31F2NO3/c1-17(2)15-18-3-5-20(6-4-18)24(30)21-11-13-28(14-12-21)16-23(29)19-7-9-22(10-8-19)31-25(26)27/h3-10,17,21,23,25,29H,11-16H2,1-2H3. The predicted molar refractivity (Wildman–Crippen MR) is 117 cm³/mol. The third-order valence-corrected chi connectivity index (χ3v) is 5.76. The minimum Gasteiger partial charge on any atom is -0.435 e. The zero-order valence-electron chi connectivity index (χ0n) is 18.1. The first-order valence-electron chi connectivity index (χ1n) is 10.9. The zero-order chi connectivity index (χ0) is 22.4. The molecule has 4 nitrogen and oxygen atoms in total. The molecule has 0 saturated carbocycles. The van der Waals surface area contributed by atoms with Crippen LogP contribution in [-0.4, -0.2) is 42.0 Å². The molecule has 2 aromatic rings. The number of likely N-dealkylation sites (tertiary alicyclic amines) is 1. The molecule has 3 rings (SSSR count). The lowest BCUT2D eigenvalue weighted by Crippen LogP contribution is -2.38. The summed E-state index contributed by atoms with van der Waals surface area (Å²) in [4.78, 5) is 15.0. The van der Waals surface area contributed by atoms with Crippen LogP contribution in [-0.2, 0) is 6.42 Å². The van der Waals surface area contributed by atoms with Crippen molar-refractivity contribution in [2.75, 3.05) is 19.6 Å². The Kier molecular flexibility index (Phi) is 8.15. The van der Waals surface area contributed by atoms with Gasteiger partial charge in [0, 0.05) is 18.0 Å². The number of aliphatic hydroxyl groups excluding tert-OH is 1. The first-order chi connectivity index (χ1) is 14.8. The van der Waals surface area contributed by atoms with Crippen molar-refractivity contribution >= 4 is 5.78 Å². The van der Waals surface area contributed by atoms with Crippen molar-refractivity contribution in [3.63, 3.8) is 0 Å². The normalized spacial score (nSPS) is 16.6. The van der Waals surface area contributed by atoms with Gasteiger partial charge in [-0.05, 0) is 61.5 Å². The molecule has 1 unspecified atom stereocenters. The molecule has 1 aliphatic rings. The van der Waals surface area contributed by atoms with Crippen LogP contribution in [0.3, 0.4) is 0 Å². The van der Waals surface area contributed by atoms with E-state index in [4.69, 9.17) is 0 Å². The fourth-order valence-electron chi connectivity index (χ4n) is 4.11. The number of ketones is 1. The Labute approximate surface area is 182 Å². The van der Waals surface area contributed by atoms with Crippen molar-refractivity contribution in [2.45, 2.75) is 45.8 Å². The number of carbonyl (C=O) groups is 1. The Morgan fingerprint density at radius 1 is 1.06 bits per heavy atom. The van der Waals surface area contributed by atoms with Crippen LogP contribution in [0.5, 0.6) is 5.75 Å².